The van der Waals surface area contributed by atoms with E-state index in [4.69, 9.17) is 0 Å². The Balaban J connectivity index is 1.63. The standard InChI is InChI=1S/C33H30F3N3O5S/c1-20-8-10-22(11-9-20)30(42)38-24-7-5-6-21(16-24)17-26-31(43)39(29(45-26)18-27(40)32(2,3)4)19-28(41)37-23-12-14-25(15-13-23)44-33(34,35)36/h5-18H,19H2,1-4H3,(H,37,41)(H,38,42)/b26-17-,29-18+. The van der Waals surface area contributed by atoms with Crippen LogP contribution in [0.25, 0.3) is 12.2 Å². The number of rotatable bonds is 8. The first kappa shape index (κ1) is 32.9. The van der Waals surface area contributed by atoms with Crippen LogP contribution in [0.15, 0.2) is 77.6 Å². The minimum atomic E-state index is -4.85. The summed E-state index contributed by atoms with van der Waals surface area (Å²) in [7, 11) is 0. The zero-order chi connectivity index (χ0) is 32.9. The van der Waals surface area contributed by atoms with Gasteiger partial charge in [0.05, 0.1) is 4.53 Å². The first-order chi connectivity index (χ1) is 21.1. The number of amides is 2. The Labute approximate surface area is 260 Å². The molecule has 234 valence electrons. The van der Waals surface area contributed by atoms with Gasteiger partial charge >= 0.3 is 6.36 Å². The zero-order valence-electron chi connectivity index (χ0n) is 24.8. The maximum atomic E-state index is 13.5. The molecule has 0 fully saturated rings. The highest BCUT2D eigenvalue weighted by molar-refractivity contribution is 7.07. The summed E-state index contributed by atoms with van der Waals surface area (Å²) in [6, 6.07) is 18.5. The molecule has 0 bridgehead atoms. The summed E-state index contributed by atoms with van der Waals surface area (Å²) in [5.74, 6) is -1.64. The molecule has 0 atom stereocenters. The summed E-state index contributed by atoms with van der Waals surface area (Å²) in [5, 5.41) is 5.37. The van der Waals surface area contributed by atoms with Crippen LogP contribution in [0.3, 0.4) is 0 Å². The van der Waals surface area contributed by atoms with E-state index in [1.165, 1.54) is 22.8 Å². The molecule has 0 saturated heterocycles. The van der Waals surface area contributed by atoms with Crippen LogP contribution in [0.5, 0.6) is 5.75 Å². The van der Waals surface area contributed by atoms with Gasteiger partial charge in [-0.25, -0.2) is 0 Å². The lowest BCUT2D eigenvalue weighted by molar-refractivity contribution is -0.274. The van der Waals surface area contributed by atoms with Gasteiger partial charge in [-0.2, -0.15) is 0 Å². The normalized spacial score (nSPS) is 12.6. The molecule has 0 aliphatic carbocycles. The van der Waals surface area contributed by atoms with E-state index < -0.39 is 35.5 Å². The molecule has 0 aliphatic heterocycles. The van der Waals surface area contributed by atoms with E-state index in [-0.39, 0.29) is 26.6 Å². The first-order valence-electron chi connectivity index (χ1n) is 13.7. The number of carbonyl (C=O) groups excluding carboxylic acids is 3. The number of hydrogen-bond acceptors (Lipinski definition) is 6. The number of hydrogen-bond donors (Lipinski definition) is 2. The Kier molecular flexibility index (Phi) is 9.77. The molecular formula is C33H30F3N3O5S. The van der Waals surface area contributed by atoms with Gasteiger partial charge < -0.3 is 15.4 Å². The molecule has 3 aromatic carbocycles. The number of anilines is 2. The van der Waals surface area contributed by atoms with Crippen molar-refractivity contribution >= 4 is 52.5 Å². The highest BCUT2D eigenvalue weighted by atomic mass is 32.1. The number of ketones is 1. The van der Waals surface area contributed by atoms with Gasteiger partial charge in [-0.05, 0) is 67.1 Å². The molecule has 2 amide bonds. The molecule has 2 N–H and O–H groups in total. The monoisotopic (exact) mass is 637 g/mol. The average molecular weight is 638 g/mol. The number of benzene rings is 3. The summed E-state index contributed by atoms with van der Waals surface area (Å²) < 4.78 is 42.8. The van der Waals surface area contributed by atoms with E-state index in [1.54, 1.807) is 63.2 Å². The lowest BCUT2D eigenvalue weighted by Gasteiger charge is -2.13. The Bertz CT molecular complexity index is 1900. The SMILES string of the molecule is Cc1ccc(C(=O)Nc2cccc(/C=c3\s/c(=C/C(=O)C(C)(C)C)n(CC(=O)Nc4ccc(OC(F)(F)F)cc4)c3=O)c2)cc1. The molecule has 0 spiro atoms. The van der Waals surface area contributed by atoms with Crippen LogP contribution in [-0.4, -0.2) is 28.5 Å². The van der Waals surface area contributed by atoms with Gasteiger partial charge in [0.15, 0.2) is 5.78 Å². The Hall–Kier alpha value is -4.97. The smallest absolute Gasteiger partial charge is 0.406 e. The van der Waals surface area contributed by atoms with Crippen molar-refractivity contribution < 1.29 is 32.3 Å². The predicted octanol–water partition coefficient (Wildman–Crippen LogP) is 5.23. The fourth-order valence-electron chi connectivity index (χ4n) is 3.97. The summed E-state index contributed by atoms with van der Waals surface area (Å²) in [6.07, 6.45) is -1.94. The van der Waals surface area contributed by atoms with Crippen LogP contribution < -0.4 is 30.1 Å². The molecule has 4 aromatic rings. The van der Waals surface area contributed by atoms with Crippen molar-refractivity contribution in [3.8, 4) is 5.75 Å². The second kappa shape index (κ2) is 13.3. The Morgan fingerprint density at radius 3 is 2.20 bits per heavy atom. The van der Waals surface area contributed by atoms with E-state index in [9.17, 15) is 32.3 Å². The van der Waals surface area contributed by atoms with Crippen molar-refractivity contribution in [1.82, 2.24) is 4.57 Å². The largest absolute Gasteiger partial charge is 0.573 e. The van der Waals surface area contributed by atoms with Crippen molar-refractivity contribution in [3.63, 3.8) is 0 Å². The van der Waals surface area contributed by atoms with Gasteiger partial charge in [0.1, 0.15) is 17.0 Å². The lowest BCUT2D eigenvalue weighted by Crippen LogP contribution is -2.36. The highest BCUT2D eigenvalue weighted by Gasteiger charge is 2.31. The third-order valence-corrected chi connectivity index (χ3v) is 7.42. The quantitative estimate of drug-likeness (QED) is 0.275. The summed E-state index contributed by atoms with van der Waals surface area (Å²) in [5.41, 5.74) is 1.53. The van der Waals surface area contributed by atoms with Crippen molar-refractivity contribution in [2.24, 2.45) is 5.41 Å². The van der Waals surface area contributed by atoms with Crippen LogP contribution >= 0.6 is 11.3 Å². The van der Waals surface area contributed by atoms with E-state index in [1.807, 2.05) is 19.1 Å². The molecule has 0 radical (unpaired) electrons. The van der Waals surface area contributed by atoms with Gasteiger partial charge in [-0.15, -0.1) is 24.5 Å². The van der Waals surface area contributed by atoms with E-state index >= 15 is 0 Å². The molecular weight excluding hydrogens is 607 g/mol. The van der Waals surface area contributed by atoms with E-state index in [0.29, 0.717) is 16.8 Å². The van der Waals surface area contributed by atoms with Crippen LogP contribution in [0.4, 0.5) is 24.5 Å². The third-order valence-electron chi connectivity index (χ3n) is 6.36. The van der Waals surface area contributed by atoms with Crippen molar-refractivity contribution in [2.45, 2.75) is 40.6 Å². The molecule has 1 heterocycles. The number of aromatic nitrogens is 1. The number of nitrogens with zero attached hydrogens (tertiary/aromatic N) is 1. The first-order valence-corrected chi connectivity index (χ1v) is 14.5. The van der Waals surface area contributed by atoms with Gasteiger partial charge in [0, 0.05) is 28.4 Å². The van der Waals surface area contributed by atoms with Gasteiger partial charge in [-0.3, -0.25) is 23.7 Å². The molecule has 12 heteroatoms. The third kappa shape index (κ3) is 9.26. The van der Waals surface area contributed by atoms with Crippen LogP contribution in [0.1, 0.15) is 42.3 Å². The zero-order valence-corrected chi connectivity index (χ0v) is 25.6. The summed E-state index contributed by atoms with van der Waals surface area (Å²) >= 11 is 1.03. The van der Waals surface area contributed by atoms with Gasteiger partial charge in [-0.1, -0.05) is 50.6 Å². The Morgan fingerprint density at radius 1 is 0.911 bits per heavy atom. The molecule has 1 aromatic heterocycles. The second-order valence-electron chi connectivity index (χ2n) is 11.2. The van der Waals surface area contributed by atoms with Crippen molar-refractivity contribution in [1.29, 1.82) is 0 Å². The average Bonchev–Trinajstić information content (AvgIpc) is 3.22. The number of halogens is 3. The van der Waals surface area contributed by atoms with Crippen molar-refractivity contribution in [2.75, 3.05) is 10.6 Å². The predicted molar refractivity (Wildman–Crippen MR) is 168 cm³/mol. The van der Waals surface area contributed by atoms with E-state index in [2.05, 4.69) is 15.4 Å². The summed E-state index contributed by atoms with van der Waals surface area (Å²) in [6.45, 7) is 6.64. The minimum absolute atomic E-state index is 0.186. The minimum Gasteiger partial charge on any atom is -0.406 e. The molecule has 4 rings (SSSR count). The number of Topliss-reactive ketones (excluding diaryl/α,β-unsaturated/α-hetero) is 1. The number of alkyl halides is 3. The molecule has 0 saturated carbocycles. The lowest BCUT2D eigenvalue weighted by atomic mass is 9.91. The Morgan fingerprint density at radius 2 is 1.58 bits per heavy atom. The fraction of sp³-hybridized carbons (Fsp3) is 0.212. The van der Waals surface area contributed by atoms with Gasteiger partial charge in [0.2, 0.25) is 5.91 Å². The van der Waals surface area contributed by atoms with Crippen LogP contribution in [0.2, 0.25) is 0 Å². The number of carbonyl (C=O) groups is 3. The highest BCUT2D eigenvalue weighted by Crippen LogP contribution is 2.24. The maximum Gasteiger partial charge on any atom is 0.573 e. The molecule has 0 unspecified atom stereocenters. The van der Waals surface area contributed by atoms with Crippen LogP contribution in [0, 0.1) is 12.3 Å². The maximum absolute atomic E-state index is 13.5. The van der Waals surface area contributed by atoms with Crippen LogP contribution in [-0.2, 0) is 16.1 Å². The number of ether oxygens (including phenoxy) is 1. The number of nitrogens with one attached hydrogen (secondary N) is 2. The van der Waals surface area contributed by atoms with Crippen molar-refractivity contribution in [3.05, 3.63) is 109 Å². The summed E-state index contributed by atoms with van der Waals surface area (Å²) in [4.78, 5) is 51.9. The second-order valence-corrected chi connectivity index (χ2v) is 12.2. The fourth-order valence-corrected chi connectivity index (χ4v) is 5.01. The molecule has 45 heavy (non-hydrogen) atoms. The number of thiazole rings is 1. The van der Waals surface area contributed by atoms with E-state index in [0.717, 1.165) is 29.0 Å². The number of aryl methyl sites for hydroxylation is 1. The topological polar surface area (TPSA) is 106 Å². The molecule has 0 aliphatic rings. The molecule has 8 nitrogen and oxygen atoms in total. The van der Waals surface area contributed by atoms with Gasteiger partial charge in [0.25, 0.3) is 11.5 Å².